The van der Waals surface area contributed by atoms with E-state index in [0.29, 0.717) is 24.7 Å². The van der Waals surface area contributed by atoms with Crippen molar-refractivity contribution >= 4 is 33.2 Å². The molecule has 5 nitrogen and oxygen atoms in total. The number of hydrogen-bond acceptors (Lipinski definition) is 4. The lowest BCUT2D eigenvalue weighted by Crippen LogP contribution is -2.27. The minimum absolute atomic E-state index is 0.000964. The molecule has 128 valence electrons. The summed E-state index contributed by atoms with van der Waals surface area (Å²) in [5.41, 5.74) is 0.751. The average Bonchev–Trinajstić information content (AvgIpc) is 2.56. The summed E-state index contributed by atoms with van der Waals surface area (Å²) in [6.45, 7) is 2.71. The zero-order valence-electron chi connectivity index (χ0n) is 12.8. The molecule has 0 aromatic heterocycles. The molecule has 0 amide bonds. The van der Waals surface area contributed by atoms with E-state index >= 15 is 0 Å². The Morgan fingerprint density at radius 1 is 1.08 bits per heavy atom. The van der Waals surface area contributed by atoms with Crippen LogP contribution < -0.4 is 14.2 Å². The SMILES string of the molecule is C[C@@H](NS(=O)(=O)c1cccc(Cl)c1Cl)c1ccc2c(c1)OCCO2. The molecule has 0 aliphatic carbocycles. The van der Waals surface area contributed by atoms with Gasteiger partial charge in [-0.25, -0.2) is 13.1 Å². The second-order valence-electron chi connectivity index (χ2n) is 5.30. The smallest absolute Gasteiger partial charge is 0.242 e. The van der Waals surface area contributed by atoms with E-state index in [1.165, 1.54) is 18.2 Å². The number of hydrogen-bond donors (Lipinski definition) is 1. The Morgan fingerprint density at radius 2 is 1.79 bits per heavy atom. The van der Waals surface area contributed by atoms with Crippen LogP contribution in [0, 0.1) is 0 Å². The highest BCUT2D eigenvalue weighted by Gasteiger charge is 2.23. The first-order valence-corrected chi connectivity index (χ1v) is 9.48. The van der Waals surface area contributed by atoms with E-state index in [1.54, 1.807) is 25.1 Å². The molecular formula is C16H15Cl2NO4S. The van der Waals surface area contributed by atoms with Crippen molar-refractivity contribution < 1.29 is 17.9 Å². The Hall–Kier alpha value is -1.47. The summed E-state index contributed by atoms with van der Waals surface area (Å²) in [6, 6.07) is 9.32. The second kappa shape index (κ2) is 6.80. The van der Waals surface area contributed by atoms with Crippen LogP contribution in [0.2, 0.25) is 10.0 Å². The highest BCUT2D eigenvalue weighted by molar-refractivity contribution is 7.89. The van der Waals surface area contributed by atoms with Gasteiger partial charge in [-0.1, -0.05) is 35.3 Å². The molecule has 1 heterocycles. The third-order valence-electron chi connectivity index (χ3n) is 3.60. The maximum atomic E-state index is 12.6. The number of nitrogens with one attached hydrogen (secondary N) is 1. The summed E-state index contributed by atoms with van der Waals surface area (Å²) in [4.78, 5) is -0.0546. The van der Waals surface area contributed by atoms with Crippen LogP contribution in [0.4, 0.5) is 0 Å². The van der Waals surface area contributed by atoms with Crippen LogP contribution in [0.15, 0.2) is 41.3 Å². The summed E-state index contributed by atoms with van der Waals surface area (Å²) in [6.07, 6.45) is 0. The van der Waals surface area contributed by atoms with Gasteiger partial charge in [-0.05, 0) is 36.8 Å². The number of halogens is 2. The molecule has 8 heteroatoms. The summed E-state index contributed by atoms with van der Waals surface area (Å²) in [5, 5.41) is 0.188. The van der Waals surface area contributed by atoms with Crippen molar-refractivity contribution in [3.05, 3.63) is 52.0 Å². The molecule has 0 bridgehead atoms. The molecule has 2 aromatic rings. The first-order chi connectivity index (χ1) is 11.4. The first-order valence-electron chi connectivity index (χ1n) is 7.24. The van der Waals surface area contributed by atoms with Crippen LogP contribution in [0.3, 0.4) is 0 Å². The van der Waals surface area contributed by atoms with Gasteiger partial charge in [0.1, 0.15) is 18.1 Å². The Balaban J connectivity index is 1.86. The van der Waals surface area contributed by atoms with Crippen LogP contribution in [0.5, 0.6) is 11.5 Å². The van der Waals surface area contributed by atoms with Crippen molar-refractivity contribution in [1.29, 1.82) is 0 Å². The maximum Gasteiger partial charge on any atom is 0.242 e. The predicted molar refractivity (Wildman–Crippen MR) is 92.6 cm³/mol. The standard InChI is InChI=1S/C16H15Cl2NO4S/c1-10(11-5-6-13-14(9-11)23-8-7-22-13)19-24(20,21)15-4-2-3-12(17)16(15)18/h2-6,9-10,19H,7-8H2,1H3/t10-/m1/s1. The Kier molecular flexibility index (Phi) is 4.92. The van der Waals surface area contributed by atoms with Gasteiger partial charge < -0.3 is 9.47 Å². The molecule has 0 radical (unpaired) electrons. The van der Waals surface area contributed by atoms with Gasteiger partial charge in [0, 0.05) is 6.04 Å². The van der Waals surface area contributed by atoms with Crippen molar-refractivity contribution in [3.63, 3.8) is 0 Å². The summed E-state index contributed by atoms with van der Waals surface area (Å²) in [5.74, 6) is 1.25. The van der Waals surface area contributed by atoms with Crippen molar-refractivity contribution in [2.75, 3.05) is 13.2 Å². The summed E-state index contributed by atoms with van der Waals surface area (Å²) in [7, 11) is -3.82. The van der Waals surface area contributed by atoms with E-state index in [1.807, 2.05) is 0 Å². The topological polar surface area (TPSA) is 64.6 Å². The molecule has 1 aliphatic rings. The van der Waals surface area contributed by atoms with E-state index in [4.69, 9.17) is 32.7 Å². The van der Waals surface area contributed by atoms with E-state index in [2.05, 4.69) is 4.72 Å². The average molecular weight is 388 g/mol. The molecule has 0 fully saturated rings. The number of sulfonamides is 1. The molecule has 0 spiro atoms. The lowest BCUT2D eigenvalue weighted by atomic mass is 10.1. The molecule has 3 rings (SSSR count). The van der Waals surface area contributed by atoms with Crippen molar-refractivity contribution in [2.24, 2.45) is 0 Å². The monoisotopic (exact) mass is 387 g/mol. The minimum atomic E-state index is -3.82. The molecule has 2 aromatic carbocycles. The Bertz CT molecular complexity index is 870. The quantitative estimate of drug-likeness (QED) is 0.865. The number of rotatable bonds is 4. The molecular weight excluding hydrogens is 373 g/mol. The van der Waals surface area contributed by atoms with Crippen LogP contribution in [0.1, 0.15) is 18.5 Å². The third-order valence-corrected chi connectivity index (χ3v) is 6.12. The second-order valence-corrected chi connectivity index (χ2v) is 7.77. The van der Waals surface area contributed by atoms with Crippen molar-refractivity contribution in [1.82, 2.24) is 4.72 Å². The van der Waals surface area contributed by atoms with E-state index in [9.17, 15) is 8.42 Å². The van der Waals surface area contributed by atoms with Gasteiger partial charge in [0.05, 0.1) is 10.0 Å². The van der Waals surface area contributed by atoms with Gasteiger partial charge in [0.25, 0.3) is 0 Å². The third kappa shape index (κ3) is 3.47. The molecule has 0 saturated carbocycles. The maximum absolute atomic E-state index is 12.6. The van der Waals surface area contributed by atoms with E-state index in [0.717, 1.165) is 5.56 Å². The number of ether oxygens (including phenoxy) is 2. The zero-order chi connectivity index (χ0) is 17.3. The largest absolute Gasteiger partial charge is 0.486 e. The van der Waals surface area contributed by atoms with E-state index < -0.39 is 16.1 Å². The first kappa shape index (κ1) is 17.4. The number of fused-ring (bicyclic) bond motifs is 1. The van der Waals surface area contributed by atoms with Gasteiger partial charge in [0.2, 0.25) is 10.0 Å². The Morgan fingerprint density at radius 3 is 2.54 bits per heavy atom. The van der Waals surface area contributed by atoms with Gasteiger partial charge in [-0.15, -0.1) is 0 Å². The minimum Gasteiger partial charge on any atom is -0.486 e. The van der Waals surface area contributed by atoms with Crippen molar-refractivity contribution in [2.45, 2.75) is 17.9 Å². The van der Waals surface area contributed by atoms with E-state index in [-0.39, 0.29) is 14.9 Å². The van der Waals surface area contributed by atoms with Crippen LogP contribution in [-0.2, 0) is 10.0 Å². The van der Waals surface area contributed by atoms with Crippen LogP contribution in [0.25, 0.3) is 0 Å². The van der Waals surface area contributed by atoms with Crippen molar-refractivity contribution in [3.8, 4) is 11.5 Å². The lowest BCUT2D eigenvalue weighted by Gasteiger charge is -2.21. The predicted octanol–water partition coefficient (Wildman–Crippen LogP) is 3.80. The fraction of sp³-hybridized carbons (Fsp3) is 0.250. The summed E-state index contributed by atoms with van der Waals surface area (Å²) < 4.78 is 38.7. The van der Waals surface area contributed by atoms with Gasteiger partial charge in [-0.3, -0.25) is 0 Å². The molecule has 0 unspecified atom stereocenters. The zero-order valence-corrected chi connectivity index (χ0v) is 15.1. The van der Waals surface area contributed by atoms with Gasteiger partial charge in [0.15, 0.2) is 11.5 Å². The Labute approximate surface area is 150 Å². The molecule has 1 N–H and O–H groups in total. The molecule has 1 aliphatic heterocycles. The van der Waals surface area contributed by atoms with Gasteiger partial charge >= 0.3 is 0 Å². The molecule has 1 atom stereocenters. The fourth-order valence-electron chi connectivity index (χ4n) is 2.39. The fourth-order valence-corrected chi connectivity index (χ4v) is 4.38. The number of benzene rings is 2. The highest BCUT2D eigenvalue weighted by atomic mass is 35.5. The summed E-state index contributed by atoms with van der Waals surface area (Å²) >= 11 is 11.9. The molecule has 24 heavy (non-hydrogen) atoms. The lowest BCUT2D eigenvalue weighted by molar-refractivity contribution is 0.171. The van der Waals surface area contributed by atoms with Crippen LogP contribution in [-0.4, -0.2) is 21.6 Å². The van der Waals surface area contributed by atoms with Crippen LogP contribution >= 0.6 is 23.2 Å². The van der Waals surface area contributed by atoms with Gasteiger partial charge in [-0.2, -0.15) is 0 Å². The normalized spacial score (nSPS) is 15.1. The molecule has 0 saturated heterocycles. The highest BCUT2D eigenvalue weighted by Crippen LogP contribution is 2.34.